The highest BCUT2D eigenvalue weighted by Crippen LogP contribution is 2.05. The molecule has 1 aromatic rings. The van der Waals surface area contributed by atoms with Crippen molar-refractivity contribution in [2.75, 3.05) is 6.54 Å². The second kappa shape index (κ2) is 7.06. The predicted molar refractivity (Wildman–Crippen MR) is 69.2 cm³/mol. The molecule has 4 nitrogen and oxygen atoms in total. The molecule has 0 radical (unpaired) electrons. The van der Waals surface area contributed by atoms with E-state index >= 15 is 0 Å². The van der Waals surface area contributed by atoms with E-state index in [4.69, 9.17) is 0 Å². The summed E-state index contributed by atoms with van der Waals surface area (Å²) in [5.74, 6) is -0.146. The minimum atomic E-state index is -0.123. The van der Waals surface area contributed by atoms with Gasteiger partial charge in [-0.1, -0.05) is 6.92 Å². The van der Waals surface area contributed by atoms with Gasteiger partial charge in [-0.15, -0.1) is 0 Å². The zero-order chi connectivity index (χ0) is 12.7. The lowest BCUT2D eigenvalue weighted by atomic mass is 10.2. The first-order chi connectivity index (χ1) is 8.13. The van der Waals surface area contributed by atoms with Crippen LogP contribution in [0.5, 0.6) is 0 Å². The molecule has 0 saturated carbocycles. The maximum Gasteiger partial charge on any atom is 0.252 e. The van der Waals surface area contributed by atoms with Crippen LogP contribution in [0.1, 0.15) is 37.0 Å². The summed E-state index contributed by atoms with van der Waals surface area (Å²) in [5, 5.41) is 9.20. The zero-order valence-corrected chi connectivity index (χ0v) is 11.0. The summed E-state index contributed by atoms with van der Waals surface area (Å²) < 4.78 is 0. The van der Waals surface area contributed by atoms with Crippen LogP contribution in [0.15, 0.2) is 16.8 Å². The third-order valence-electron chi connectivity index (χ3n) is 2.44. The number of hydrogen-bond acceptors (Lipinski definition) is 3. The van der Waals surface area contributed by atoms with Gasteiger partial charge in [0.15, 0.2) is 0 Å². The van der Waals surface area contributed by atoms with Gasteiger partial charge in [0.2, 0.25) is 5.91 Å². The Balaban J connectivity index is 2.20. The normalized spacial score (nSPS) is 11.9. The molecule has 1 atom stereocenters. The molecule has 1 unspecified atom stereocenters. The van der Waals surface area contributed by atoms with Crippen molar-refractivity contribution < 1.29 is 9.59 Å². The van der Waals surface area contributed by atoms with E-state index in [0.717, 1.165) is 6.42 Å². The quantitative estimate of drug-likeness (QED) is 0.813. The molecule has 0 aliphatic heterocycles. The summed E-state index contributed by atoms with van der Waals surface area (Å²) in [6.45, 7) is 4.35. The van der Waals surface area contributed by atoms with Crippen LogP contribution in [0.3, 0.4) is 0 Å². The fraction of sp³-hybridized carbons (Fsp3) is 0.500. The number of carbonyl (C=O) groups is 2. The number of thiophene rings is 1. The van der Waals surface area contributed by atoms with Gasteiger partial charge in [-0.05, 0) is 24.8 Å². The lowest BCUT2D eigenvalue weighted by Crippen LogP contribution is -2.35. The molecule has 94 valence electrons. The van der Waals surface area contributed by atoms with Gasteiger partial charge in [-0.2, -0.15) is 11.3 Å². The van der Waals surface area contributed by atoms with Crippen molar-refractivity contribution in [1.82, 2.24) is 10.6 Å². The summed E-state index contributed by atoms with van der Waals surface area (Å²) in [7, 11) is 0. The molecule has 0 aliphatic rings. The SMILES string of the molecule is CCC(C)NC(=O)CCNC(=O)c1ccsc1. The van der Waals surface area contributed by atoms with Crippen molar-refractivity contribution in [3.63, 3.8) is 0 Å². The second-order valence-corrected chi connectivity index (χ2v) is 4.67. The number of nitrogens with one attached hydrogen (secondary N) is 2. The third kappa shape index (κ3) is 4.99. The van der Waals surface area contributed by atoms with Crippen LogP contribution < -0.4 is 10.6 Å². The highest BCUT2D eigenvalue weighted by molar-refractivity contribution is 7.08. The van der Waals surface area contributed by atoms with Crippen molar-refractivity contribution in [2.45, 2.75) is 32.7 Å². The molecule has 0 fully saturated rings. The lowest BCUT2D eigenvalue weighted by Gasteiger charge is -2.11. The van der Waals surface area contributed by atoms with Crippen LogP contribution >= 0.6 is 11.3 Å². The Morgan fingerprint density at radius 1 is 1.47 bits per heavy atom. The third-order valence-corrected chi connectivity index (χ3v) is 3.12. The van der Waals surface area contributed by atoms with Crippen molar-refractivity contribution in [3.05, 3.63) is 22.4 Å². The van der Waals surface area contributed by atoms with E-state index in [9.17, 15) is 9.59 Å². The van der Waals surface area contributed by atoms with Crippen LogP contribution in [0.2, 0.25) is 0 Å². The van der Waals surface area contributed by atoms with E-state index in [1.54, 1.807) is 11.4 Å². The summed E-state index contributed by atoms with van der Waals surface area (Å²) in [6.07, 6.45) is 1.23. The summed E-state index contributed by atoms with van der Waals surface area (Å²) >= 11 is 1.48. The minimum absolute atomic E-state index is 0.0232. The standard InChI is InChI=1S/C12H18N2O2S/c1-3-9(2)14-11(15)4-6-13-12(16)10-5-7-17-8-10/h5,7-9H,3-4,6H2,1-2H3,(H,13,16)(H,14,15). The number of amides is 2. The molecule has 0 bridgehead atoms. The Morgan fingerprint density at radius 3 is 2.82 bits per heavy atom. The Morgan fingerprint density at radius 2 is 2.24 bits per heavy atom. The highest BCUT2D eigenvalue weighted by atomic mass is 32.1. The topological polar surface area (TPSA) is 58.2 Å². The summed E-state index contributed by atoms with van der Waals surface area (Å²) in [6, 6.07) is 1.95. The van der Waals surface area contributed by atoms with Crippen molar-refractivity contribution >= 4 is 23.2 Å². The van der Waals surface area contributed by atoms with Crippen LogP contribution in [0.25, 0.3) is 0 Å². The van der Waals surface area contributed by atoms with E-state index in [2.05, 4.69) is 10.6 Å². The van der Waals surface area contributed by atoms with E-state index < -0.39 is 0 Å². The van der Waals surface area contributed by atoms with Crippen LogP contribution in [0.4, 0.5) is 0 Å². The first-order valence-corrected chi connectivity index (χ1v) is 6.67. The van der Waals surface area contributed by atoms with Gasteiger partial charge in [-0.3, -0.25) is 9.59 Å². The van der Waals surface area contributed by atoms with Gasteiger partial charge in [0.25, 0.3) is 5.91 Å². The van der Waals surface area contributed by atoms with Crippen molar-refractivity contribution in [2.24, 2.45) is 0 Å². The van der Waals surface area contributed by atoms with Crippen molar-refractivity contribution in [1.29, 1.82) is 0 Å². The molecule has 0 aromatic carbocycles. The molecule has 0 aliphatic carbocycles. The first kappa shape index (κ1) is 13.7. The summed E-state index contributed by atoms with van der Waals surface area (Å²) in [5.41, 5.74) is 0.650. The molecule has 2 amide bonds. The van der Waals surface area contributed by atoms with E-state index in [0.29, 0.717) is 18.5 Å². The fourth-order valence-electron chi connectivity index (χ4n) is 1.23. The predicted octanol–water partition coefficient (Wildman–Crippen LogP) is 1.78. The zero-order valence-electron chi connectivity index (χ0n) is 10.2. The molecule has 1 heterocycles. The van der Waals surface area contributed by atoms with Crippen LogP contribution in [-0.2, 0) is 4.79 Å². The molecular formula is C12H18N2O2S. The molecule has 1 aromatic heterocycles. The van der Waals surface area contributed by atoms with Gasteiger partial charge < -0.3 is 10.6 Å². The number of carbonyl (C=O) groups excluding carboxylic acids is 2. The molecule has 0 saturated heterocycles. The first-order valence-electron chi connectivity index (χ1n) is 5.73. The van der Waals surface area contributed by atoms with E-state index in [1.807, 2.05) is 19.2 Å². The van der Waals surface area contributed by atoms with Gasteiger partial charge in [0.1, 0.15) is 0 Å². The molecule has 2 N–H and O–H groups in total. The Kier molecular flexibility index (Phi) is 5.69. The van der Waals surface area contributed by atoms with E-state index in [1.165, 1.54) is 11.3 Å². The summed E-state index contributed by atoms with van der Waals surface area (Å²) in [4.78, 5) is 22.9. The lowest BCUT2D eigenvalue weighted by molar-refractivity contribution is -0.121. The minimum Gasteiger partial charge on any atom is -0.354 e. The van der Waals surface area contributed by atoms with Gasteiger partial charge in [0.05, 0.1) is 0 Å². The van der Waals surface area contributed by atoms with Gasteiger partial charge in [0, 0.05) is 30.0 Å². The van der Waals surface area contributed by atoms with E-state index in [-0.39, 0.29) is 17.9 Å². The van der Waals surface area contributed by atoms with Crippen molar-refractivity contribution in [3.8, 4) is 0 Å². The Bertz CT molecular complexity index is 363. The largest absolute Gasteiger partial charge is 0.354 e. The monoisotopic (exact) mass is 254 g/mol. The maximum atomic E-state index is 11.5. The molecule has 5 heteroatoms. The smallest absolute Gasteiger partial charge is 0.252 e. The molecule has 17 heavy (non-hydrogen) atoms. The van der Waals surface area contributed by atoms with Gasteiger partial charge >= 0.3 is 0 Å². The van der Waals surface area contributed by atoms with Crippen LogP contribution in [0, 0.1) is 0 Å². The highest BCUT2D eigenvalue weighted by Gasteiger charge is 2.08. The van der Waals surface area contributed by atoms with Crippen LogP contribution in [-0.4, -0.2) is 24.4 Å². The Hall–Kier alpha value is -1.36. The average molecular weight is 254 g/mol. The maximum absolute atomic E-state index is 11.5. The molecule has 1 rings (SSSR count). The fourth-order valence-corrected chi connectivity index (χ4v) is 1.87. The molecular weight excluding hydrogens is 236 g/mol. The molecule has 0 spiro atoms. The second-order valence-electron chi connectivity index (χ2n) is 3.89. The van der Waals surface area contributed by atoms with Gasteiger partial charge in [-0.25, -0.2) is 0 Å². The Labute approximate surface area is 105 Å². The average Bonchev–Trinajstić information content (AvgIpc) is 2.82. The number of rotatable bonds is 6. The number of hydrogen-bond donors (Lipinski definition) is 2.